The molecule has 0 saturated carbocycles. The van der Waals surface area contributed by atoms with Crippen molar-refractivity contribution in [2.45, 2.75) is 13.2 Å². The Labute approximate surface area is 211 Å². The Morgan fingerprint density at radius 2 is 1.34 bits per heavy atom. The molecule has 0 amide bonds. The van der Waals surface area contributed by atoms with E-state index in [2.05, 4.69) is 28.8 Å². The van der Waals surface area contributed by atoms with Gasteiger partial charge in [-0.3, -0.25) is 0 Å². The number of phenolic OH excluding ortho intramolecular Hbond substituents is 1. The number of hydrogen-bond donors (Lipinski definition) is 1. The predicted octanol–water partition coefficient (Wildman–Crippen LogP) is 3.14. The maximum Gasteiger partial charge on any atom is 0.224 e. The van der Waals surface area contributed by atoms with Gasteiger partial charge in [-0.05, 0) is 17.7 Å². The van der Waals surface area contributed by atoms with Crippen LogP contribution in [0, 0.1) is 0 Å². The van der Waals surface area contributed by atoms with Gasteiger partial charge in [0, 0.05) is 17.2 Å². The maximum absolute atomic E-state index is 11.0. The van der Waals surface area contributed by atoms with Gasteiger partial charge in [-0.2, -0.15) is 4.57 Å². The molecule has 1 N–H and O–H groups in total. The van der Waals surface area contributed by atoms with Crippen LogP contribution in [-0.4, -0.2) is 12.2 Å². The SMILES string of the molecule is COc1cc(O)c2c(OCc3ccccc3)cc(-c3ccccc3)[n+](Cc3ccccc3)c2c1.[Cl-]. The fourth-order valence-corrected chi connectivity index (χ4v) is 4.21. The summed E-state index contributed by atoms with van der Waals surface area (Å²) in [4.78, 5) is 0. The van der Waals surface area contributed by atoms with E-state index in [-0.39, 0.29) is 18.2 Å². The smallest absolute Gasteiger partial charge is 0.224 e. The van der Waals surface area contributed by atoms with Crippen LogP contribution < -0.4 is 26.4 Å². The number of hydrogen-bond acceptors (Lipinski definition) is 3. The standard InChI is InChI=1S/C30H25NO3.ClH/c1-33-25-17-27-30(28(32)18-25)29(34-21-23-13-7-3-8-14-23)19-26(24-15-9-4-10-16-24)31(27)20-22-11-5-2-6-12-22;/h2-19H,20-21H2,1H3;1H. The molecular weight excluding hydrogens is 458 g/mol. The van der Waals surface area contributed by atoms with E-state index in [9.17, 15) is 5.11 Å². The molecule has 5 heteroatoms. The van der Waals surface area contributed by atoms with E-state index in [1.807, 2.05) is 78.9 Å². The van der Waals surface area contributed by atoms with Crippen molar-refractivity contribution in [3.8, 4) is 28.5 Å². The molecule has 0 aliphatic carbocycles. The minimum Gasteiger partial charge on any atom is -1.00 e. The van der Waals surface area contributed by atoms with Gasteiger partial charge < -0.3 is 27.0 Å². The van der Waals surface area contributed by atoms with Gasteiger partial charge in [0.05, 0.1) is 19.2 Å². The molecule has 0 fully saturated rings. The highest BCUT2D eigenvalue weighted by atomic mass is 35.5. The summed E-state index contributed by atoms with van der Waals surface area (Å²) in [5, 5.41) is 11.7. The van der Waals surface area contributed by atoms with Crippen molar-refractivity contribution in [2.75, 3.05) is 7.11 Å². The van der Waals surface area contributed by atoms with Crippen LogP contribution >= 0.6 is 0 Å². The van der Waals surface area contributed by atoms with Crippen molar-refractivity contribution >= 4 is 10.9 Å². The first-order chi connectivity index (χ1) is 16.7. The summed E-state index contributed by atoms with van der Waals surface area (Å²) in [5.74, 6) is 1.34. The highest BCUT2D eigenvalue weighted by Gasteiger charge is 2.25. The second-order valence-corrected chi connectivity index (χ2v) is 8.15. The minimum atomic E-state index is 0. The minimum absolute atomic E-state index is 0. The lowest BCUT2D eigenvalue weighted by molar-refractivity contribution is -0.651. The van der Waals surface area contributed by atoms with E-state index in [0.717, 1.165) is 27.9 Å². The van der Waals surface area contributed by atoms with Crippen molar-refractivity contribution in [1.29, 1.82) is 0 Å². The van der Waals surface area contributed by atoms with Gasteiger partial charge in [0.25, 0.3) is 0 Å². The second-order valence-electron chi connectivity index (χ2n) is 8.15. The Morgan fingerprint density at radius 1 is 0.743 bits per heavy atom. The molecule has 5 rings (SSSR count). The first-order valence-electron chi connectivity index (χ1n) is 11.3. The molecule has 0 bridgehead atoms. The number of pyridine rings is 1. The number of nitrogens with zero attached hydrogens (tertiary/aromatic N) is 1. The summed E-state index contributed by atoms with van der Waals surface area (Å²) in [6.07, 6.45) is 0. The third-order valence-electron chi connectivity index (χ3n) is 5.89. The van der Waals surface area contributed by atoms with Gasteiger partial charge in [0.1, 0.15) is 29.2 Å². The Kier molecular flexibility index (Phi) is 7.54. The van der Waals surface area contributed by atoms with Gasteiger partial charge in [-0.25, -0.2) is 0 Å². The van der Waals surface area contributed by atoms with Crippen molar-refractivity contribution in [2.24, 2.45) is 0 Å². The predicted molar refractivity (Wildman–Crippen MR) is 134 cm³/mol. The average molecular weight is 484 g/mol. The summed E-state index contributed by atoms with van der Waals surface area (Å²) < 4.78 is 14.0. The topological polar surface area (TPSA) is 42.6 Å². The number of fused-ring (bicyclic) bond motifs is 1. The normalized spacial score (nSPS) is 10.5. The lowest BCUT2D eigenvalue weighted by atomic mass is 10.1. The average Bonchev–Trinajstić information content (AvgIpc) is 2.89. The molecule has 0 radical (unpaired) electrons. The van der Waals surface area contributed by atoms with E-state index in [1.165, 1.54) is 0 Å². The molecule has 1 heterocycles. The Morgan fingerprint density at radius 3 is 1.97 bits per heavy atom. The number of halogens is 1. The number of ether oxygens (including phenoxy) is 2. The highest BCUT2D eigenvalue weighted by Crippen LogP contribution is 2.38. The maximum atomic E-state index is 11.0. The van der Waals surface area contributed by atoms with Gasteiger partial charge in [-0.1, -0.05) is 78.9 Å². The van der Waals surface area contributed by atoms with Gasteiger partial charge in [0.15, 0.2) is 6.54 Å². The Hall–Kier alpha value is -4.02. The van der Waals surface area contributed by atoms with Gasteiger partial charge in [0.2, 0.25) is 11.2 Å². The quantitative estimate of drug-likeness (QED) is 0.362. The lowest BCUT2D eigenvalue weighted by Gasteiger charge is -2.15. The molecule has 5 aromatic rings. The molecule has 4 aromatic carbocycles. The Bertz CT molecular complexity index is 1410. The number of rotatable bonds is 7. The molecule has 0 spiro atoms. The van der Waals surface area contributed by atoms with E-state index in [0.29, 0.717) is 30.0 Å². The van der Waals surface area contributed by atoms with Crippen LogP contribution in [0.1, 0.15) is 11.1 Å². The molecule has 0 aliphatic rings. The van der Waals surface area contributed by atoms with E-state index < -0.39 is 0 Å². The lowest BCUT2D eigenvalue weighted by Crippen LogP contribution is -3.00. The van der Waals surface area contributed by atoms with Crippen LogP contribution in [0.2, 0.25) is 0 Å². The fraction of sp³-hybridized carbons (Fsp3) is 0.100. The van der Waals surface area contributed by atoms with E-state index in [1.54, 1.807) is 13.2 Å². The molecule has 0 aliphatic heterocycles. The second kappa shape index (κ2) is 10.9. The molecule has 1 aromatic heterocycles. The Balaban J connectivity index is 0.00000289. The summed E-state index contributed by atoms with van der Waals surface area (Å²) in [7, 11) is 1.61. The van der Waals surface area contributed by atoms with Crippen LogP contribution in [0.4, 0.5) is 0 Å². The van der Waals surface area contributed by atoms with Crippen molar-refractivity contribution in [1.82, 2.24) is 0 Å². The van der Waals surface area contributed by atoms with Crippen LogP contribution in [-0.2, 0) is 13.2 Å². The third-order valence-corrected chi connectivity index (χ3v) is 5.89. The van der Waals surface area contributed by atoms with E-state index >= 15 is 0 Å². The summed E-state index contributed by atoms with van der Waals surface area (Å²) in [5.41, 5.74) is 5.11. The largest absolute Gasteiger partial charge is 1.00 e. The summed E-state index contributed by atoms with van der Waals surface area (Å²) >= 11 is 0. The number of methoxy groups -OCH3 is 1. The number of aromatic nitrogens is 1. The van der Waals surface area contributed by atoms with E-state index in [4.69, 9.17) is 9.47 Å². The summed E-state index contributed by atoms with van der Waals surface area (Å²) in [6.45, 7) is 1.03. The van der Waals surface area contributed by atoms with Gasteiger partial charge in [-0.15, -0.1) is 0 Å². The molecule has 35 heavy (non-hydrogen) atoms. The van der Waals surface area contributed by atoms with Crippen LogP contribution in [0.15, 0.2) is 109 Å². The monoisotopic (exact) mass is 483 g/mol. The number of aromatic hydroxyl groups is 1. The first-order valence-corrected chi connectivity index (χ1v) is 11.3. The van der Waals surface area contributed by atoms with Crippen LogP contribution in [0.5, 0.6) is 17.2 Å². The molecule has 176 valence electrons. The zero-order valence-corrected chi connectivity index (χ0v) is 20.2. The zero-order valence-electron chi connectivity index (χ0n) is 19.4. The van der Waals surface area contributed by atoms with Crippen LogP contribution in [0.25, 0.3) is 22.2 Å². The summed E-state index contributed by atoms with van der Waals surface area (Å²) in [6, 6.07) is 36.2. The third kappa shape index (κ3) is 5.23. The fourth-order valence-electron chi connectivity index (χ4n) is 4.21. The molecule has 0 saturated heterocycles. The molecule has 0 atom stereocenters. The van der Waals surface area contributed by atoms with Crippen LogP contribution in [0.3, 0.4) is 0 Å². The van der Waals surface area contributed by atoms with Crippen molar-refractivity contribution in [3.05, 3.63) is 120 Å². The number of phenols is 1. The first kappa shape index (κ1) is 24.1. The van der Waals surface area contributed by atoms with Crippen molar-refractivity contribution in [3.63, 3.8) is 0 Å². The van der Waals surface area contributed by atoms with Crippen molar-refractivity contribution < 1.29 is 31.6 Å². The number of benzene rings is 4. The highest BCUT2D eigenvalue weighted by molar-refractivity contribution is 5.91. The molecular formula is C30H26ClNO3. The van der Waals surface area contributed by atoms with Gasteiger partial charge >= 0.3 is 0 Å². The molecule has 4 nitrogen and oxygen atoms in total. The molecule has 0 unspecified atom stereocenters. The zero-order chi connectivity index (χ0) is 23.3.